The van der Waals surface area contributed by atoms with Gasteiger partial charge in [0.25, 0.3) is 5.91 Å². The number of nitrogens with zero attached hydrogens (tertiary/aromatic N) is 1. The van der Waals surface area contributed by atoms with Gasteiger partial charge in [0.2, 0.25) is 5.91 Å². The molecule has 5 nitrogen and oxygen atoms in total. The summed E-state index contributed by atoms with van der Waals surface area (Å²) < 4.78 is 0. The molecule has 0 saturated heterocycles. The first-order valence-corrected chi connectivity index (χ1v) is 7.30. The second kappa shape index (κ2) is 5.62. The summed E-state index contributed by atoms with van der Waals surface area (Å²) in [7, 11) is 0. The van der Waals surface area contributed by atoms with E-state index in [1.54, 1.807) is 6.92 Å². The van der Waals surface area contributed by atoms with Crippen LogP contribution in [0.15, 0.2) is 16.1 Å². The first-order valence-electron chi connectivity index (χ1n) is 7.30. The Kier molecular flexibility index (Phi) is 4.66. The first-order chi connectivity index (χ1) is 9.38. The van der Waals surface area contributed by atoms with Gasteiger partial charge in [0.05, 0.1) is 0 Å². The van der Waals surface area contributed by atoms with Crippen molar-refractivity contribution in [3.05, 3.63) is 11.1 Å². The lowest BCUT2D eigenvalue weighted by Crippen LogP contribution is -2.42. The zero-order valence-corrected chi connectivity index (χ0v) is 14.3. The highest BCUT2D eigenvalue weighted by molar-refractivity contribution is 6.17. The van der Waals surface area contributed by atoms with Crippen molar-refractivity contribution in [3.8, 4) is 0 Å². The van der Waals surface area contributed by atoms with Crippen molar-refractivity contribution in [1.29, 1.82) is 0 Å². The Balaban J connectivity index is 3.08. The zero-order chi connectivity index (χ0) is 16.6. The minimum absolute atomic E-state index is 0.0894. The Morgan fingerprint density at radius 1 is 1.29 bits per heavy atom. The molecule has 1 aliphatic rings. The molecular formula is C16H27N3O2. The topological polar surface area (TPSA) is 70.6 Å². The van der Waals surface area contributed by atoms with Crippen LogP contribution < -0.4 is 10.6 Å². The second-order valence-electron chi connectivity index (χ2n) is 7.17. The van der Waals surface area contributed by atoms with E-state index >= 15 is 0 Å². The van der Waals surface area contributed by atoms with Gasteiger partial charge >= 0.3 is 0 Å². The summed E-state index contributed by atoms with van der Waals surface area (Å²) in [5.41, 5.74) is 0.204. The molecule has 0 spiro atoms. The third-order valence-electron chi connectivity index (χ3n) is 3.91. The van der Waals surface area contributed by atoms with Crippen molar-refractivity contribution in [2.75, 3.05) is 0 Å². The number of rotatable bonds is 3. The van der Waals surface area contributed by atoms with Gasteiger partial charge in [0.1, 0.15) is 11.4 Å². The molecule has 1 unspecified atom stereocenters. The lowest BCUT2D eigenvalue weighted by Gasteiger charge is -2.21. The summed E-state index contributed by atoms with van der Waals surface area (Å²) in [6.07, 6.45) is 0. The summed E-state index contributed by atoms with van der Waals surface area (Å²) in [6, 6.07) is 0. The van der Waals surface area contributed by atoms with Crippen LogP contribution in [0.1, 0.15) is 55.4 Å². The maximum absolute atomic E-state index is 12.2. The third-order valence-corrected chi connectivity index (χ3v) is 3.91. The summed E-state index contributed by atoms with van der Waals surface area (Å²) in [5, 5.41) is 5.71. The van der Waals surface area contributed by atoms with E-state index in [4.69, 9.17) is 0 Å². The van der Waals surface area contributed by atoms with Crippen molar-refractivity contribution < 1.29 is 9.59 Å². The molecule has 0 saturated carbocycles. The highest BCUT2D eigenvalue weighted by Gasteiger charge is 2.42. The SMILES string of the molecule is CC(C(=O)NC(C)(C)C)=C(C)C1=NC(C)(C(C)C)C(=O)N1. The van der Waals surface area contributed by atoms with E-state index < -0.39 is 5.54 Å². The fourth-order valence-electron chi connectivity index (χ4n) is 1.90. The highest BCUT2D eigenvalue weighted by Crippen LogP contribution is 2.27. The quantitative estimate of drug-likeness (QED) is 0.783. The molecule has 0 aromatic heterocycles. The Hall–Kier alpha value is -1.65. The Labute approximate surface area is 127 Å². The van der Waals surface area contributed by atoms with E-state index in [0.29, 0.717) is 17.0 Å². The normalized spacial score (nSPS) is 23.7. The molecule has 1 aliphatic heterocycles. The number of carbonyl (C=O) groups excluding carboxylic acids is 2. The van der Waals surface area contributed by atoms with Crippen molar-refractivity contribution in [2.24, 2.45) is 10.9 Å². The number of hydrogen-bond donors (Lipinski definition) is 2. The van der Waals surface area contributed by atoms with Gasteiger partial charge in [-0.1, -0.05) is 13.8 Å². The first kappa shape index (κ1) is 17.4. The number of amides is 2. The number of aliphatic imine (C=N–C) groups is 1. The molecule has 1 heterocycles. The van der Waals surface area contributed by atoms with E-state index in [0.717, 1.165) is 0 Å². The molecule has 5 heteroatoms. The van der Waals surface area contributed by atoms with Crippen molar-refractivity contribution in [3.63, 3.8) is 0 Å². The van der Waals surface area contributed by atoms with E-state index in [2.05, 4.69) is 15.6 Å². The van der Waals surface area contributed by atoms with Crippen molar-refractivity contribution >= 4 is 17.6 Å². The zero-order valence-electron chi connectivity index (χ0n) is 14.3. The van der Waals surface area contributed by atoms with Crippen LogP contribution >= 0.6 is 0 Å². The number of carbonyl (C=O) groups is 2. The van der Waals surface area contributed by atoms with Gasteiger partial charge < -0.3 is 10.6 Å². The molecule has 118 valence electrons. The fraction of sp³-hybridized carbons (Fsp3) is 0.688. The van der Waals surface area contributed by atoms with Crippen LogP contribution in [0.5, 0.6) is 0 Å². The monoisotopic (exact) mass is 293 g/mol. The van der Waals surface area contributed by atoms with Crippen molar-refractivity contribution in [1.82, 2.24) is 10.6 Å². The predicted octanol–water partition coefficient (Wildman–Crippen LogP) is 2.18. The van der Waals surface area contributed by atoms with Gasteiger partial charge in [-0.3, -0.25) is 14.6 Å². The summed E-state index contributed by atoms with van der Waals surface area (Å²) in [4.78, 5) is 28.8. The van der Waals surface area contributed by atoms with Crippen LogP contribution in [0.3, 0.4) is 0 Å². The number of nitrogens with one attached hydrogen (secondary N) is 2. The van der Waals surface area contributed by atoms with E-state index in [1.807, 2.05) is 48.5 Å². The molecule has 0 bridgehead atoms. The maximum atomic E-state index is 12.2. The largest absolute Gasteiger partial charge is 0.348 e. The molecule has 1 rings (SSSR count). The molecule has 0 aromatic rings. The minimum Gasteiger partial charge on any atom is -0.348 e. The van der Waals surface area contributed by atoms with Gasteiger partial charge in [-0.25, -0.2) is 0 Å². The van der Waals surface area contributed by atoms with Gasteiger partial charge in [-0.05, 0) is 53.0 Å². The van der Waals surface area contributed by atoms with Gasteiger partial charge in [0, 0.05) is 11.1 Å². The van der Waals surface area contributed by atoms with E-state index in [1.165, 1.54) is 0 Å². The maximum Gasteiger partial charge on any atom is 0.253 e. The molecule has 0 radical (unpaired) electrons. The van der Waals surface area contributed by atoms with Crippen LogP contribution in [0.25, 0.3) is 0 Å². The Morgan fingerprint density at radius 3 is 2.19 bits per heavy atom. The Bertz CT molecular complexity index is 524. The molecule has 0 aromatic carbocycles. The average Bonchev–Trinajstić information content (AvgIpc) is 2.63. The van der Waals surface area contributed by atoms with E-state index in [9.17, 15) is 9.59 Å². The van der Waals surface area contributed by atoms with Crippen LogP contribution in [0.2, 0.25) is 0 Å². The average molecular weight is 293 g/mol. The molecule has 2 N–H and O–H groups in total. The van der Waals surface area contributed by atoms with Gasteiger partial charge in [-0.15, -0.1) is 0 Å². The predicted molar refractivity (Wildman–Crippen MR) is 85.1 cm³/mol. The summed E-state index contributed by atoms with van der Waals surface area (Å²) in [6.45, 7) is 15.1. The fourth-order valence-corrected chi connectivity index (χ4v) is 1.90. The smallest absolute Gasteiger partial charge is 0.253 e. The van der Waals surface area contributed by atoms with Crippen LogP contribution in [-0.4, -0.2) is 28.7 Å². The van der Waals surface area contributed by atoms with Crippen LogP contribution in [0, 0.1) is 5.92 Å². The lowest BCUT2D eigenvalue weighted by atomic mass is 9.89. The molecular weight excluding hydrogens is 266 g/mol. The standard InChI is InChI=1S/C16H27N3O2/c1-9(2)16(8)14(21)17-12(18-16)10(3)11(4)13(20)19-15(5,6)7/h9H,1-8H3,(H,19,20)(H,17,18,21). The highest BCUT2D eigenvalue weighted by atomic mass is 16.2. The number of amidine groups is 1. The Morgan fingerprint density at radius 2 is 1.81 bits per heavy atom. The molecule has 2 amide bonds. The molecule has 0 fully saturated rings. The molecule has 21 heavy (non-hydrogen) atoms. The van der Waals surface area contributed by atoms with Crippen LogP contribution in [0.4, 0.5) is 0 Å². The van der Waals surface area contributed by atoms with E-state index in [-0.39, 0.29) is 23.3 Å². The van der Waals surface area contributed by atoms with Gasteiger partial charge in [0.15, 0.2) is 0 Å². The lowest BCUT2D eigenvalue weighted by molar-refractivity contribution is -0.124. The molecule has 0 aliphatic carbocycles. The summed E-state index contributed by atoms with van der Waals surface area (Å²) >= 11 is 0. The molecule has 1 atom stereocenters. The third kappa shape index (κ3) is 3.71. The summed E-state index contributed by atoms with van der Waals surface area (Å²) in [5.74, 6) is 0.329. The van der Waals surface area contributed by atoms with Gasteiger partial charge in [-0.2, -0.15) is 0 Å². The minimum atomic E-state index is -0.766. The van der Waals surface area contributed by atoms with Crippen LogP contribution in [-0.2, 0) is 9.59 Å². The second-order valence-corrected chi connectivity index (χ2v) is 7.17. The van der Waals surface area contributed by atoms with Crippen molar-refractivity contribution in [2.45, 2.75) is 66.5 Å². The number of hydrogen-bond acceptors (Lipinski definition) is 3.